The van der Waals surface area contributed by atoms with Crippen LogP contribution in [0.5, 0.6) is 0 Å². The minimum atomic E-state index is -0.946. The molecule has 0 saturated carbocycles. The molecule has 0 radical (unpaired) electrons. The largest absolute Gasteiger partial charge is 0.358 e. The minimum absolute atomic E-state index is 0.162. The van der Waals surface area contributed by atoms with E-state index >= 15 is 0 Å². The van der Waals surface area contributed by atoms with Gasteiger partial charge in [0.1, 0.15) is 0 Å². The highest BCUT2D eigenvalue weighted by atomic mass is 19.1. The number of nitro groups is 1. The summed E-state index contributed by atoms with van der Waals surface area (Å²) in [7, 11) is 0. The van der Waals surface area contributed by atoms with E-state index in [1.165, 1.54) is 6.07 Å². The lowest BCUT2D eigenvalue weighted by atomic mass is 10.1. The maximum Gasteiger partial charge on any atom is 0.306 e. The number of halogens is 1. The van der Waals surface area contributed by atoms with Gasteiger partial charge >= 0.3 is 5.69 Å². The van der Waals surface area contributed by atoms with E-state index in [1.807, 2.05) is 13.8 Å². The molecule has 0 spiro atoms. The molecule has 7 heteroatoms. The Morgan fingerprint density at radius 3 is 2.67 bits per heavy atom. The number of amides is 1. The van der Waals surface area contributed by atoms with Crippen molar-refractivity contribution in [3.8, 4) is 0 Å². The molecule has 0 aliphatic rings. The van der Waals surface area contributed by atoms with Crippen LogP contribution < -0.4 is 5.32 Å². The number of aryl methyl sites for hydroxylation is 2. The number of carbonyl (C=O) groups excluding carboxylic acids is 1. The predicted octanol–water partition coefficient (Wildman–Crippen LogP) is 4.08. The van der Waals surface area contributed by atoms with Gasteiger partial charge in [0.15, 0.2) is 0 Å². The highest BCUT2D eigenvalue weighted by Crippen LogP contribution is 2.24. The second kappa shape index (κ2) is 5.77. The maximum atomic E-state index is 13.3. The first kappa shape index (κ1) is 15.7. The number of nitrogens with one attached hydrogen (secondary N) is 2. The number of carbonyl (C=O) groups is 1. The van der Waals surface area contributed by atoms with Crippen molar-refractivity contribution in [3.05, 3.63) is 69.2 Å². The molecule has 0 bridgehead atoms. The summed E-state index contributed by atoms with van der Waals surface area (Å²) in [5, 5.41) is 14.3. The first-order chi connectivity index (χ1) is 11.4. The van der Waals surface area contributed by atoms with Crippen molar-refractivity contribution < 1.29 is 14.1 Å². The van der Waals surface area contributed by atoms with Gasteiger partial charge in [-0.05, 0) is 49.7 Å². The Balaban J connectivity index is 1.91. The number of aromatic nitrogens is 1. The Kier molecular flexibility index (Phi) is 3.76. The van der Waals surface area contributed by atoms with Gasteiger partial charge in [-0.1, -0.05) is 0 Å². The molecule has 122 valence electrons. The van der Waals surface area contributed by atoms with Gasteiger partial charge in [0.05, 0.1) is 4.92 Å². The van der Waals surface area contributed by atoms with Crippen molar-refractivity contribution in [1.82, 2.24) is 4.98 Å². The SMILES string of the molecule is Cc1[nH]c2ccc(C(=O)Nc3ccc(F)c([N+](=O)[O-])c3)cc2c1C. The first-order valence-corrected chi connectivity index (χ1v) is 7.21. The van der Waals surface area contributed by atoms with Crippen LogP contribution in [0, 0.1) is 29.8 Å². The minimum Gasteiger partial charge on any atom is -0.358 e. The molecule has 3 rings (SSSR count). The van der Waals surface area contributed by atoms with Gasteiger partial charge in [0, 0.05) is 33.9 Å². The summed E-state index contributed by atoms with van der Waals surface area (Å²) in [6.45, 7) is 3.91. The summed E-state index contributed by atoms with van der Waals surface area (Å²) >= 11 is 0. The zero-order valence-corrected chi connectivity index (χ0v) is 13.0. The third kappa shape index (κ3) is 2.71. The lowest BCUT2D eigenvalue weighted by Crippen LogP contribution is -2.12. The van der Waals surface area contributed by atoms with Crippen LogP contribution in [0.25, 0.3) is 10.9 Å². The molecule has 3 aromatic rings. The number of nitro benzene ring substituents is 1. The Morgan fingerprint density at radius 2 is 1.96 bits per heavy atom. The Bertz CT molecular complexity index is 979. The van der Waals surface area contributed by atoms with E-state index in [-0.39, 0.29) is 5.69 Å². The highest BCUT2D eigenvalue weighted by molar-refractivity contribution is 6.06. The number of hydrogen-bond donors (Lipinski definition) is 2. The second-order valence-corrected chi connectivity index (χ2v) is 5.51. The number of benzene rings is 2. The zero-order chi connectivity index (χ0) is 17.4. The molecule has 1 heterocycles. The normalized spacial score (nSPS) is 10.8. The molecule has 1 amide bonds. The second-order valence-electron chi connectivity index (χ2n) is 5.51. The van der Waals surface area contributed by atoms with Crippen LogP contribution in [-0.4, -0.2) is 15.8 Å². The van der Waals surface area contributed by atoms with Gasteiger partial charge < -0.3 is 10.3 Å². The fourth-order valence-electron chi connectivity index (χ4n) is 2.54. The van der Waals surface area contributed by atoms with Crippen LogP contribution in [0.2, 0.25) is 0 Å². The predicted molar refractivity (Wildman–Crippen MR) is 88.8 cm³/mol. The molecular formula is C17H14FN3O3. The zero-order valence-electron chi connectivity index (χ0n) is 13.0. The molecule has 0 fully saturated rings. The molecule has 0 unspecified atom stereocenters. The van der Waals surface area contributed by atoms with E-state index in [0.717, 1.165) is 34.3 Å². The molecule has 0 aliphatic heterocycles. The quantitative estimate of drug-likeness (QED) is 0.561. The van der Waals surface area contributed by atoms with E-state index in [9.17, 15) is 19.3 Å². The van der Waals surface area contributed by atoms with Crippen molar-refractivity contribution in [2.45, 2.75) is 13.8 Å². The Labute approximate surface area is 136 Å². The van der Waals surface area contributed by atoms with Crippen molar-refractivity contribution in [2.75, 3.05) is 5.32 Å². The third-order valence-electron chi connectivity index (χ3n) is 3.97. The van der Waals surface area contributed by atoms with Crippen molar-refractivity contribution >= 4 is 28.2 Å². The van der Waals surface area contributed by atoms with Gasteiger partial charge in [0.25, 0.3) is 5.91 Å². The monoisotopic (exact) mass is 327 g/mol. The molecule has 0 atom stereocenters. The average molecular weight is 327 g/mol. The van der Waals surface area contributed by atoms with Crippen molar-refractivity contribution in [2.24, 2.45) is 0 Å². The molecule has 1 aromatic heterocycles. The average Bonchev–Trinajstić information content (AvgIpc) is 2.83. The number of rotatable bonds is 3. The summed E-state index contributed by atoms with van der Waals surface area (Å²) in [5.74, 6) is -1.37. The van der Waals surface area contributed by atoms with Crippen LogP contribution >= 0.6 is 0 Å². The van der Waals surface area contributed by atoms with E-state index < -0.39 is 22.3 Å². The third-order valence-corrected chi connectivity index (χ3v) is 3.97. The van der Waals surface area contributed by atoms with Gasteiger partial charge in [-0.3, -0.25) is 14.9 Å². The Morgan fingerprint density at radius 1 is 1.21 bits per heavy atom. The molecule has 2 aromatic carbocycles. The summed E-state index contributed by atoms with van der Waals surface area (Å²) in [6.07, 6.45) is 0. The van der Waals surface area contributed by atoms with Gasteiger partial charge in [-0.2, -0.15) is 4.39 Å². The number of H-pyrrole nitrogens is 1. The fraction of sp³-hybridized carbons (Fsp3) is 0.118. The number of anilines is 1. The van der Waals surface area contributed by atoms with E-state index in [4.69, 9.17) is 0 Å². The number of aromatic amines is 1. The van der Waals surface area contributed by atoms with Crippen molar-refractivity contribution in [3.63, 3.8) is 0 Å². The fourth-order valence-corrected chi connectivity index (χ4v) is 2.54. The molecule has 24 heavy (non-hydrogen) atoms. The molecule has 0 aliphatic carbocycles. The molecule has 6 nitrogen and oxygen atoms in total. The summed E-state index contributed by atoms with van der Waals surface area (Å²) in [6, 6.07) is 8.45. The smallest absolute Gasteiger partial charge is 0.306 e. The topological polar surface area (TPSA) is 88.0 Å². The van der Waals surface area contributed by atoms with Crippen molar-refractivity contribution in [1.29, 1.82) is 0 Å². The number of hydrogen-bond acceptors (Lipinski definition) is 3. The molecular weight excluding hydrogens is 313 g/mol. The van der Waals surface area contributed by atoms with Gasteiger partial charge in [-0.25, -0.2) is 0 Å². The summed E-state index contributed by atoms with van der Waals surface area (Å²) < 4.78 is 13.3. The van der Waals surface area contributed by atoms with Crippen LogP contribution in [0.15, 0.2) is 36.4 Å². The molecule has 0 saturated heterocycles. The van der Waals surface area contributed by atoms with Gasteiger partial charge in [0.2, 0.25) is 5.82 Å². The standard InChI is InChI=1S/C17H14FN3O3/c1-9-10(2)19-15-6-3-11(7-13(9)15)17(22)20-12-4-5-14(18)16(8-12)21(23)24/h3-8,19H,1-2H3,(H,20,22). The van der Waals surface area contributed by atoms with Crippen LogP contribution in [0.4, 0.5) is 15.8 Å². The maximum absolute atomic E-state index is 13.3. The lowest BCUT2D eigenvalue weighted by molar-refractivity contribution is -0.387. The number of nitrogens with zero attached hydrogens (tertiary/aromatic N) is 1. The van der Waals surface area contributed by atoms with Crippen LogP contribution in [0.3, 0.4) is 0 Å². The first-order valence-electron chi connectivity index (χ1n) is 7.21. The highest BCUT2D eigenvalue weighted by Gasteiger charge is 2.16. The Hall–Kier alpha value is -3.22. The van der Waals surface area contributed by atoms with Crippen LogP contribution in [0.1, 0.15) is 21.6 Å². The lowest BCUT2D eigenvalue weighted by Gasteiger charge is -2.06. The summed E-state index contributed by atoms with van der Waals surface area (Å²) in [5.41, 5.74) is 2.90. The summed E-state index contributed by atoms with van der Waals surface area (Å²) in [4.78, 5) is 25.5. The van der Waals surface area contributed by atoms with E-state index in [2.05, 4.69) is 10.3 Å². The van der Waals surface area contributed by atoms with Gasteiger partial charge in [-0.15, -0.1) is 0 Å². The van der Waals surface area contributed by atoms with E-state index in [1.54, 1.807) is 18.2 Å². The van der Waals surface area contributed by atoms with Crippen LogP contribution in [-0.2, 0) is 0 Å². The molecule has 2 N–H and O–H groups in total. The van der Waals surface area contributed by atoms with E-state index in [0.29, 0.717) is 5.56 Å². The number of fused-ring (bicyclic) bond motifs is 1.